The van der Waals surface area contributed by atoms with E-state index in [0.717, 1.165) is 21.9 Å². The lowest BCUT2D eigenvalue weighted by Crippen LogP contribution is -2.29. The standard InChI is InChI=1S/C24H19N3O2S/c28-23-12-17(15-6-2-4-9-21(15)27-23)24(29)26-14-19(22-10-5-11-30-22)18-13-25-20-8-3-1-7-16(18)20/h1-13,19,25H,14H2,(H,26,29)(H,27,28)/t19-/m1/s1. The van der Waals surface area contributed by atoms with Crippen LogP contribution in [0.4, 0.5) is 0 Å². The van der Waals surface area contributed by atoms with Crippen molar-refractivity contribution in [3.63, 3.8) is 0 Å². The summed E-state index contributed by atoms with van der Waals surface area (Å²) in [5.74, 6) is -0.239. The van der Waals surface area contributed by atoms with E-state index in [0.29, 0.717) is 17.6 Å². The fourth-order valence-electron chi connectivity index (χ4n) is 3.92. The lowest BCUT2D eigenvalue weighted by molar-refractivity contribution is 0.0954. The second kappa shape index (κ2) is 7.65. The zero-order chi connectivity index (χ0) is 20.5. The van der Waals surface area contributed by atoms with Crippen LogP contribution in [0.5, 0.6) is 0 Å². The number of fused-ring (bicyclic) bond motifs is 2. The van der Waals surface area contributed by atoms with Crippen LogP contribution >= 0.6 is 11.3 Å². The Balaban J connectivity index is 1.49. The molecule has 0 aliphatic carbocycles. The van der Waals surface area contributed by atoms with Gasteiger partial charge in [-0.05, 0) is 29.1 Å². The molecular formula is C24H19N3O2S. The number of hydrogen-bond donors (Lipinski definition) is 3. The van der Waals surface area contributed by atoms with Crippen molar-refractivity contribution in [1.29, 1.82) is 0 Å². The zero-order valence-corrected chi connectivity index (χ0v) is 16.8. The van der Waals surface area contributed by atoms with Gasteiger partial charge in [-0.15, -0.1) is 11.3 Å². The highest BCUT2D eigenvalue weighted by atomic mass is 32.1. The molecule has 0 saturated carbocycles. The molecule has 0 unspecified atom stereocenters. The molecule has 3 heterocycles. The Morgan fingerprint density at radius 3 is 2.53 bits per heavy atom. The molecule has 148 valence electrons. The number of carbonyl (C=O) groups excluding carboxylic acids is 1. The number of nitrogens with one attached hydrogen (secondary N) is 3. The minimum atomic E-state index is -0.287. The number of H-pyrrole nitrogens is 2. The number of amides is 1. The van der Waals surface area contributed by atoms with E-state index in [-0.39, 0.29) is 17.4 Å². The molecule has 0 aliphatic rings. The van der Waals surface area contributed by atoms with Crippen LogP contribution in [0.2, 0.25) is 0 Å². The maximum atomic E-state index is 13.0. The van der Waals surface area contributed by atoms with Crippen LogP contribution in [0.3, 0.4) is 0 Å². The van der Waals surface area contributed by atoms with Gasteiger partial charge in [0.15, 0.2) is 0 Å². The van der Waals surface area contributed by atoms with Gasteiger partial charge < -0.3 is 15.3 Å². The summed E-state index contributed by atoms with van der Waals surface area (Å²) in [5, 5.41) is 6.98. The SMILES string of the molecule is O=C(NC[C@@H](c1cccs1)c1c[nH]c2ccccc12)c1cc(=O)[nH]c2ccccc12. The summed E-state index contributed by atoms with van der Waals surface area (Å²) in [4.78, 5) is 32.4. The van der Waals surface area contributed by atoms with Crippen LogP contribution in [0, 0.1) is 0 Å². The maximum absolute atomic E-state index is 13.0. The third kappa shape index (κ3) is 3.31. The molecule has 0 fully saturated rings. The van der Waals surface area contributed by atoms with E-state index in [4.69, 9.17) is 0 Å². The number of hydrogen-bond acceptors (Lipinski definition) is 3. The number of aromatic amines is 2. The number of benzene rings is 2. The van der Waals surface area contributed by atoms with Gasteiger partial charge in [0, 0.05) is 51.4 Å². The number of rotatable bonds is 5. The summed E-state index contributed by atoms with van der Waals surface area (Å²) in [6.07, 6.45) is 2.02. The van der Waals surface area contributed by atoms with E-state index in [1.54, 1.807) is 17.4 Å². The number of aromatic nitrogens is 2. The second-order valence-corrected chi connectivity index (χ2v) is 8.14. The third-order valence-corrected chi connectivity index (χ3v) is 6.33. The molecule has 0 saturated heterocycles. The number of thiophene rings is 1. The van der Waals surface area contributed by atoms with Gasteiger partial charge in [-0.1, -0.05) is 42.5 Å². The number of pyridine rings is 1. The molecule has 3 aromatic heterocycles. The van der Waals surface area contributed by atoms with E-state index in [1.807, 2.05) is 54.0 Å². The first-order valence-electron chi connectivity index (χ1n) is 9.70. The van der Waals surface area contributed by atoms with Gasteiger partial charge in [-0.2, -0.15) is 0 Å². The third-order valence-electron chi connectivity index (χ3n) is 5.35. The molecule has 1 atom stereocenters. The van der Waals surface area contributed by atoms with Crippen molar-refractivity contribution in [3.8, 4) is 0 Å². The van der Waals surface area contributed by atoms with Crippen molar-refractivity contribution in [2.75, 3.05) is 6.54 Å². The summed E-state index contributed by atoms with van der Waals surface area (Å²) in [7, 11) is 0. The Kier molecular flexibility index (Phi) is 4.69. The molecule has 2 aromatic carbocycles. The Morgan fingerprint density at radius 2 is 1.73 bits per heavy atom. The monoisotopic (exact) mass is 413 g/mol. The Morgan fingerprint density at radius 1 is 0.967 bits per heavy atom. The van der Waals surface area contributed by atoms with Gasteiger partial charge in [0.25, 0.3) is 5.91 Å². The van der Waals surface area contributed by atoms with E-state index in [1.165, 1.54) is 10.9 Å². The molecule has 1 amide bonds. The van der Waals surface area contributed by atoms with E-state index in [2.05, 4.69) is 27.4 Å². The van der Waals surface area contributed by atoms with E-state index < -0.39 is 0 Å². The average Bonchev–Trinajstić information content (AvgIpc) is 3.44. The highest BCUT2D eigenvalue weighted by Gasteiger charge is 2.21. The van der Waals surface area contributed by atoms with Crippen LogP contribution < -0.4 is 10.9 Å². The average molecular weight is 414 g/mol. The molecule has 0 bridgehead atoms. The molecule has 0 radical (unpaired) electrons. The first-order valence-corrected chi connectivity index (χ1v) is 10.6. The molecule has 5 nitrogen and oxygen atoms in total. The molecule has 30 heavy (non-hydrogen) atoms. The Bertz CT molecular complexity index is 1400. The fraction of sp³-hybridized carbons (Fsp3) is 0.0833. The van der Waals surface area contributed by atoms with E-state index >= 15 is 0 Å². The molecule has 6 heteroatoms. The largest absolute Gasteiger partial charge is 0.361 e. The van der Waals surface area contributed by atoms with Crippen LogP contribution in [-0.2, 0) is 0 Å². The van der Waals surface area contributed by atoms with Gasteiger partial charge in [0.1, 0.15) is 0 Å². The quantitative estimate of drug-likeness (QED) is 0.393. The van der Waals surface area contributed by atoms with Crippen molar-refractivity contribution < 1.29 is 4.79 Å². The van der Waals surface area contributed by atoms with Crippen LogP contribution in [-0.4, -0.2) is 22.4 Å². The molecule has 5 aromatic rings. The predicted octanol–water partition coefficient (Wildman–Crippen LogP) is 4.63. The molecule has 3 N–H and O–H groups in total. The zero-order valence-electron chi connectivity index (χ0n) is 16.0. The van der Waals surface area contributed by atoms with Gasteiger partial charge in [0.05, 0.1) is 5.56 Å². The second-order valence-electron chi connectivity index (χ2n) is 7.16. The summed E-state index contributed by atoms with van der Waals surface area (Å²) in [6, 6.07) is 21.0. The molecule has 0 spiro atoms. The van der Waals surface area contributed by atoms with Gasteiger partial charge in [0.2, 0.25) is 5.56 Å². The normalized spacial score (nSPS) is 12.3. The fourth-order valence-corrected chi connectivity index (χ4v) is 4.76. The van der Waals surface area contributed by atoms with Gasteiger partial charge >= 0.3 is 0 Å². The van der Waals surface area contributed by atoms with Crippen molar-refractivity contribution in [3.05, 3.63) is 105 Å². The van der Waals surface area contributed by atoms with Crippen LogP contribution in [0.15, 0.2) is 83.1 Å². The summed E-state index contributed by atoms with van der Waals surface area (Å²) < 4.78 is 0. The van der Waals surface area contributed by atoms with E-state index in [9.17, 15) is 9.59 Å². The van der Waals surface area contributed by atoms with Crippen LogP contribution in [0.25, 0.3) is 21.8 Å². The number of carbonyl (C=O) groups is 1. The van der Waals surface area contributed by atoms with Crippen molar-refractivity contribution in [1.82, 2.24) is 15.3 Å². The summed E-state index contributed by atoms with van der Waals surface area (Å²) >= 11 is 1.67. The predicted molar refractivity (Wildman–Crippen MR) is 121 cm³/mol. The van der Waals surface area contributed by atoms with Crippen molar-refractivity contribution >= 4 is 39.0 Å². The van der Waals surface area contributed by atoms with Gasteiger partial charge in [-0.3, -0.25) is 9.59 Å². The van der Waals surface area contributed by atoms with Crippen LogP contribution in [0.1, 0.15) is 26.7 Å². The molecular weight excluding hydrogens is 394 g/mol. The molecule has 0 aliphatic heterocycles. The minimum absolute atomic E-state index is 0.0124. The molecule has 5 rings (SSSR count). The van der Waals surface area contributed by atoms with Crippen molar-refractivity contribution in [2.45, 2.75) is 5.92 Å². The lowest BCUT2D eigenvalue weighted by Gasteiger charge is -2.17. The Labute approximate surface area is 176 Å². The lowest BCUT2D eigenvalue weighted by atomic mass is 9.96. The summed E-state index contributed by atoms with van der Waals surface area (Å²) in [5.41, 5.74) is 2.97. The summed E-state index contributed by atoms with van der Waals surface area (Å²) in [6.45, 7) is 0.433. The number of para-hydroxylation sites is 2. The van der Waals surface area contributed by atoms with Crippen molar-refractivity contribution in [2.24, 2.45) is 0 Å². The maximum Gasteiger partial charge on any atom is 0.252 e. The first-order chi connectivity index (χ1) is 14.7. The highest BCUT2D eigenvalue weighted by Crippen LogP contribution is 2.33. The topological polar surface area (TPSA) is 77.8 Å². The van der Waals surface area contributed by atoms with Gasteiger partial charge in [-0.25, -0.2) is 0 Å². The Hall–Kier alpha value is -3.64. The first kappa shape index (κ1) is 18.4. The minimum Gasteiger partial charge on any atom is -0.361 e. The smallest absolute Gasteiger partial charge is 0.252 e. The highest BCUT2D eigenvalue weighted by molar-refractivity contribution is 7.10.